The van der Waals surface area contributed by atoms with Crippen molar-refractivity contribution in [1.29, 1.82) is 0 Å². The lowest BCUT2D eigenvalue weighted by atomic mass is 9.78. The molecule has 2 nitrogen and oxygen atoms in total. The minimum atomic E-state index is 0.237. The molecule has 0 aliphatic heterocycles. The second-order valence-electron chi connectivity index (χ2n) is 5.31. The minimum Gasteiger partial charge on any atom is -0.271 e. The summed E-state index contributed by atoms with van der Waals surface area (Å²) in [5.74, 6) is 6.37. The predicted molar refractivity (Wildman–Crippen MR) is 81.2 cm³/mol. The zero-order valence-corrected chi connectivity index (χ0v) is 12.0. The smallest absolute Gasteiger partial charge is 0.0624 e. The Morgan fingerprint density at radius 3 is 2.89 bits per heavy atom. The number of hydrazine groups is 1. The molecule has 0 saturated heterocycles. The topological polar surface area (TPSA) is 38.0 Å². The van der Waals surface area contributed by atoms with E-state index >= 15 is 0 Å². The van der Waals surface area contributed by atoms with Crippen LogP contribution in [-0.4, -0.2) is 0 Å². The highest BCUT2D eigenvalue weighted by atomic mass is 32.1. The fraction of sp³-hybridized carbons (Fsp3) is 0.375. The molecule has 0 fully saturated rings. The van der Waals surface area contributed by atoms with Crippen LogP contribution in [0.2, 0.25) is 0 Å². The number of hydrogen-bond acceptors (Lipinski definition) is 3. The second-order valence-corrected chi connectivity index (χ2v) is 6.26. The van der Waals surface area contributed by atoms with Gasteiger partial charge in [-0.3, -0.25) is 11.3 Å². The lowest BCUT2D eigenvalue weighted by molar-refractivity contribution is 0.412. The van der Waals surface area contributed by atoms with Crippen LogP contribution in [0.1, 0.15) is 46.4 Å². The molecular weight excluding hydrogens is 252 g/mol. The van der Waals surface area contributed by atoms with Gasteiger partial charge < -0.3 is 0 Å². The Balaban J connectivity index is 2.00. The number of nitrogens with one attached hydrogen (secondary N) is 1. The Hall–Kier alpha value is -1.16. The molecule has 0 amide bonds. The van der Waals surface area contributed by atoms with Crippen LogP contribution >= 0.6 is 11.3 Å². The maximum absolute atomic E-state index is 5.88. The van der Waals surface area contributed by atoms with Crippen LogP contribution in [0.3, 0.4) is 0 Å². The maximum Gasteiger partial charge on any atom is 0.0624 e. The molecule has 2 aromatic rings. The van der Waals surface area contributed by atoms with E-state index in [4.69, 9.17) is 5.84 Å². The van der Waals surface area contributed by atoms with E-state index in [2.05, 4.69) is 48.1 Å². The summed E-state index contributed by atoms with van der Waals surface area (Å²) in [6.45, 7) is 2.17. The van der Waals surface area contributed by atoms with Crippen LogP contribution in [0.15, 0.2) is 35.7 Å². The zero-order chi connectivity index (χ0) is 13.2. The fourth-order valence-corrected chi connectivity index (χ4v) is 4.27. The van der Waals surface area contributed by atoms with Gasteiger partial charge in [0, 0.05) is 10.8 Å². The summed E-state index contributed by atoms with van der Waals surface area (Å²) < 4.78 is 0. The lowest BCUT2D eigenvalue weighted by Crippen LogP contribution is -2.33. The van der Waals surface area contributed by atoms with Gasteiger partial charge in [0.1, 0.15) is 0 Å². The summed E-state index contributed by atoms with van der Waals surface area (Å²) in [4.78, 5) is 1.38. The van der Waals surface area contributed by atoms with E-state index in [1.165, 1.54) is 40.8 Å². The van der Waals surface area contributed by atoms with E-state index in [0.29, 0.717) is 5.92 Å². The molecule has 3 N–H and O–H groups in total. The first-order valence-electron chi connectivity index (χ1n) is 6.89. The molecule has 2 unspecified atom stereocenters. The molecule has 3 heteroatoms. The summed E-state index contributed by atoms with van der Waals surface area (Å²) in [6.07, 6.45) is 3.67. The van der Waals surface area contributed by atoms with Gasteiger partial charge in [-0.15, -0.1) is 11.3 Å². The first kappa shape index (κ1) is 12.9. The normalized spacial score (nSPS) is 20.0. The van der Waals surface area contributed by atoms with Gasteiger partial charge in [0.25, 0.3) is 0 Å². The standard InChI is InChI=1S/C16H20N2S/c1-11-9-10-19-16(11)15(18-17)14-8-4-6-12-5-2-3-7-13(12)14/h2-3,5,7,9-10,14-15,18H,4,6,8,17H2,1H3. The monoisotopic (exact) mass is 272 g/mol. The van der Waals surface area contributed by atoms with Crippen molar-refractivity contribution >= 4 is 11.3 Å². The number of nitrogens with two attached hydrogens (primary N) is 1. The van der Waals surface area contributed by atoms with Crippen molar-refractivity contribution in [1.82, 2.24) is 5.43 Å². The van der Waals surface area contributed by atoms with Crippen LogP contribution in [0, 0.1) is 6.92 Å². The minimum absolute atomic E-state index is 0.237. The molecule has 3 rings (SSSR count). The largest absolute Gasteiger partial charge is 0.271 e. The van der Waals surface area contributed by atoms with Gasteiger partial charge in [0.05, 0.1) is 6.04 Å². The van der Waals surface area contributed by atoms with E-state index in [9.17, 15) is 0 Å². The van der Waals surface area contributed by atoms with Gasteiger partial charge in [0.15, 0.2) is 0 Å². The SMILES string of the molecule is Cc1ccsc1C(NN)C1CCCc2ccccc21. The summed E-state index contributed by atoms with van der Waals surface area (Å²) in [7, 11) is 0. The van der Waals surface area contributed by atoms with Gasteiger partial charge >= 0.3 is 0 Å². The van der Waals surface area contributed by atoms with Crippen molar-refractivity contribution in [2.45, 2.75) is 38.1 Å². The van der Waals surface area contributed by atoms with Crippen LogP contribution < -0.4 is 11.3 Å². The molecule has 1 aromatic heterocycles. The third-order valence-corrected chi connectivity index (χ3v) is 5.28. The molecule has 0 saturated carbocycles. The van der Waals surface area contributed by atoms with Crippen molar-refractivity contribution in [3.63, 3.8) is 0 Å². The van der Waals surface area contributed by atoms with Gasteiger partial charge in [-0.25, -0.2) is 0 Å². The average Bonchev–Trinajstić information content (AvgIpc) is 2.86. The van der Waals surface area contributed by atoms with Crippen molar-refractivity contribution in [3.8, 4) is 0 Å². The molecule has 0 bridgehead atoms. The van der Waals surface area contributed by atoms with Crippen molar-refractivity contribution in [3.05, 3.63) is 57.3 Å². The van der Waals surface area contributed by atoms with Gasteiger partial charge in [0.2, 0.25) is 0 Å². The number of hydrogen-bond donors (Lipinski definition) is 2. The van der Waals surface area contributed by atoms with Crippen molar-refractivity contribution in [2.24, 2.45) is 5.84 Å². The van der Waals surface area contributed by atoms with E-state index in [-0.39, 0.29) is 6.04 Å². The molecular formula is C16H20N2S. The molecule has 100 valence electrons. The number of thiophene rings is 1. The van der Waals surface area contributed by atoms with Gasteiger partial charge in [-0.05, 0) is 54.3 Å². The first-order chi connectivity index (χ1) is 9.31. The molecule has 1 aliphatic rings. The molecule has 1 heterocycles. The Kier molecular flexibility index (Phi) is 3.69. The van der Waals surface area contributed by atoms with Crippen LogP contribution in [-0.2, 0) is 6.42 Å². The predicted octanol–water partition coefficient (Wildman–Crippen LogP) is 3.68. The second kappa shape index (κ2) is 5.45. The van der Waals surface area contributed by atoms with Crippen LogP contribution in [0.25, 0.3) is 0 Å². The molecule has 1 aromatic carbocycles. The maximum atomic E-state index is 5.88. The Bertz CT molecular complexity index is 561. The average molecular weight is 272 g/mol. The quantitative estimate of drug-likeness (QED) is 0.660. The molecule has 0 radical (unpaired) electrons. The van der Waals surface area contributed by atoms with E-state index in [1.807, 2.05) is 11.3 Å². The Morgan fingerprint density at radius 1 is 1.32 bits per heavy atom. The summed E-state index contributed by atoms with van der Waals surface area (Å²) >= 11 is 1.81. The molecule has 1 aliphatic carbocycles. The summed E-state index contributed by atoms with van der Waals surface area (Å²) in [5, 5.41) is 2.16. The van der Waals surface area contributed by atoms with Crippen molar-refractivity contribution < 1.29 is 0 Å². The van der Waals surface area contributed by atoms with Gasteiger partial charge in [-0.2, -0.15) is 0 Å². The molecule has 0 spiro atoms. The number of aryl methyl sites for hydroxylation is 2. The summed E-state index contributed by atoms with van der Waals surface area (Å²) in [5.41, 5.74) is 7.38. The van der Waals surface area contributed by atoms with Crippen LogP contribution in [0.4, 0.5) is 0 Å². The highest BCUT2D eigenvalue weighted by Crippen LogP contribution is 2.42. The van der Waals surface area contributed by atoms with E-state index in [0.717, 1.165) is 0 Å². The van der Waals surface area contributed by atoms with E-state index < -0.39 is 0 Å². The van der Waals surface area contributed by atoms with E-state index in [1.54, 1.807) is 0 Å². The molecule has 2 atom stereocenters. The fourth-order valence-electron chi connectivity index (χ4n) is 3.22. The number of benzene rings is 1. The molecule has 19 heavy (non-hydrogen) atoms. The third kappa shape index (κ3) is 2.34. The van der Waals surface area contributed by atoms with Crippen LogP contribution in [0.5, 0.6) is 0 Å². The number of fused-ring (bicyclic) bond motifs is 1. The Morgan fingerprint density at radius 2 is 2.16 bits per heavy atom. The summed E-state index contributed by atoms with van der Waals surface area (Å²) in [6, 6.07) is 11.2. The first-order valence-corrected chi connectivity index (χ1v) is 7.77. The van der Waals surface area contributed by atoms with Gasteiger partial charge in [-0.1, -0.05) is 24.3 Å². The highest BCUT2D eigenvalue weighted by molar-refractivity contribution is 7.10. The lowest BCUT2D eigenvalue weighted by Gasteiger charge is -2.32. The third-order valence-electron chi connectivity index (χ3n) is 4.18. The Labute approximate surface area is 118 Å². The zero-order valence-electron chi connectivity index (χ0n) is 11.2. The highest BCUT2D eigenvalue weighted by Gasteiger charge is 2.29. The number of rotatable bonds is 3. The van der Waals surface area contributed by atoms with Crippen molar-refractivity contribution in [2.75, 3.05) is 0 Å².